The zero-order valence-corrected chi connectivity index (χ0v) is 22.1. The molecule has 200 valence electrons. The van der Waals surface area contributed by atoms with Gasteiger partial charge in [-0.25, -0.2) is 4.79 Å². The summed E-state index contributed by atoms with van der Waals surface area (Å²) in [5.41, 5.74) is 2.75. The van der Waals surface area contributed by atoms with Crippen LogP contribution in [0.25, 0.3) is 0 Å². The van der Waals surface area contributed by atoms with Gasteiger partial charge in [-0.1, -0.05) is 6.07 Å². The molecule has 0 radical (unpaired) electrons. The van der Waals surface area contributed by atoms with Crippen molar-refractivity contribution in [2.45, 2.75) is 12.5 Å². The average molecular weight is 522 g/mol. The average Bonchev–Trinajstić information content (AvgIpc) is 2.97. The van der Waals surface area contributed by atoms with Crippen molar-refractivity contribution >= 4 is 11.9 Å². The van der Waals surface area contributed by atoms with E-state index in [1.807, 2.05) is 12.1 Å². The van der Waals surface area contributed by atoms with Crippen molar-refractivity contribution in [3.63, 3.8) is 0 Å². The summed E-state index contributed by atoms with van der Waals surface area (Å²) < 4.78 is 32.9. The second-order valence-electron chi connectivity index (χ2n) is 8.54. The van der Waals surface area contributed by atoms with Gasteiger partial charge in [-0.05, 0) is 66.1 Å². The van der Waals surface area contributed by atoms with Crippen molar-refractivity contribution in [3.8, 4) is 28.7 Å². The highest BCUT2D eigenvalue weighted by atomic mass is 16.5. The highest BCUT2D eigenvalue weighted by molar-refractivity contribution is 5.98. The first kappa shape index (κ1) is 26.7. The fourth-order valence-corrected chi connectivity index (χ4v) is 4.64. The summed E-state index contributed by atoms with van der Waals surface area (Å²) in [6.45, 7) is 0.620. The van der Waals surface area contributed by atoms with Crippen LogP contribution in [0.5, 0.6) is 28.7 Å². The second kappa shape index (κ2) is 11.8. The molecular weight excluding hydrogens is 490 g/mol. The van der Waals surface area contributed by atoms with Gasteiger partial charge in [-0.2, -0.15) is 0 Å². The summed E-state index contributed by atoms with van der Waals surface area (Å²) in [7, 11) is 7.54. The normalized spacial score (nSPS) is 14.2. The lowest BCUT2D eigenvalue weighted by atomic mass is 9.91. The third-order valence-corrected chi connectivity index (χ3v) is 6.58. The molecule has 9 heteroatoms. The lowest BCUT2D eigenvalue weighted by Crippen LogP contribution is -2.42. The maximum Gasteiger partial charge on any atom is 0.337 e. The number of ether oxygens (including phenoxy) is 6. The highest BCUT2D eigenvalue weighted by Gasteiger charge is 2.35. The van der Waals surface area contributed by atoms with Crippen molar-refractivity contribution < 1.29 is 38.0 Å². The number of fused-ring (bicyclic) bond motifs is 1. The van der Waals surface area contributed by atoms with Crippen LogP contribution >= 0.6 is 0 Å². The van der Waals surface area contributed by atoms with Crippen LogP contribution in [0.2, 0.25) is 0 Å². The summed E-state index contributed by atoms with van der Waals surface area (Å²) in [6.07, 6.45) is 0.623. The van der Waals surface area contributed by atoms with Gasteiger partial charge >= 0.3 is 5.97 Å². The number of amides is 1. The van der Waals surface area contributed by atoms with E-state index in [9.17, 15) is 9.59 Å². The fourth-order valence-electron chi connectivity index (χ4n) is 4.64. The van der Waals surface area contributed by atoms with E-state index in [2.05, 4.69) is 0 Å². The third-order valence-electron chi connectivity index (χ3n) is 6.58. The molecule has 0 aromatic heterocycles. The van der Waals surface area contributed by atoms with Gasteiger partial charge in [0.1, 0.15) is 12.4 Å². The number of rotatable bonds is 9. The molecule has 0 spiro atoms. The van der Waals surface area contributed by atoms with Crippen LogP contribution in [-0.2, 0) is 11.2 Å². The van der Waals surface area contributed by atoms with Gasteiger partial charge in [0, 0.05) is 6.54 Å². The smallest absolute Gasteiger partial charge is 0.337 e. The van der Waals surface area contributed by atoms with Gasteiger partial charge < -0.3 is 33.3 Å². The number of esters is 1. The summed E-state index contributed by atoms with van der Waals surface area (Å²) in [5, 5.41) is 0. The van der Waals surface area contributed by atoms with Crippen LogP contribution in [0.3, 0.4) is 0 Å². The number of nitrogens with zero attached hydrogens (tertiary/aromatic N) is 1. The van der Waals surface area contributed by atoms with E-state index >= 15 is 0 Å². The molecule has 0 aliphatic carbocycles. The summed E-state index contributed by atoms with van der Waals surface area (Å²) >= 11 is 0. The van der Waals surface area contributed by atoms with Gasteiger partial charge in [-0.15, -0.1) is 0 Å². The van der Waals surface area contributed by atoms with E-state index in [1.165, 1.54) is 21.3 Å². The topological polar surface area (TPSA) is 92.8 Å². The Kier molecular flexibility index (Phi) is 8.25. The van der Waals surface area contributed by atoms with E-state index < -0.39 is 12.0 Å². The van der Waals surface area contributed by atoms with Crippen LogP contribution in [0, 0.1) is 0 Å². The van der Waals surface area contributed by atoms with E-state index in [0.29, 0.717) is 52.8 Å². The molecule has 3 aromatic carbocycles. The van der Waals surface area contributed by atoms with Crippen LogP contribution in [0.1, 0.15) is 37.9 Å². The Morgan fingerprint density at radius 2 is 1.53 bits per heavy atom. The Morgan fingerprint density at radius 1 is 0.842 bits per heavy atom. The molecular formula is C29H31NO8. The summed E-state index contributed by atoms with van der Waals surface area (Å²) in [6, 6.07) is 15.3. The number of hydrogen-bond donors (Lipinski definition) is 0. The van der Waals surface area contributed by atoms with Gasteiger partial charge in [0.25, 0.3) is 5.91 Å². The first-order chi connectivity index (χ1) is 18.4. The van der Waals surface area contributed by atoms with Crippen molar-refractivity contribution in [2.24, 2.45) is 0 Å². The zero-order chi connectivity index (χ0) is 27.2. The van der Waals surface area contributed by atoms with Gasteiger partial charge in [0.15, 0.2) is 23.0 Å². The molecule has 1 atom stereocenters. The van der Waals surface area contributed by atoms with Crippen molar-refractivity contribution in [2.75, 3.05) is 48.7 Å². The minimum Gasteiger partial charge on any atom is -0.493 e. The van der Waals surface area contributed by atoms with Crippen molar-refractivity contribution in [1.29, 1.82) is 0 Å². The second-order valence-corrected chi connectivity index (χ2v) is 8.54. The minimum atomic E-state index is -0.442. The molecule has 38 heavy (non-hydrogen) atoms. The molecule has 0 N–H and O–H groups in total. The number of benzene rings is 3. The lowest BCUT2D eigenvalue weighted by molar-refractivity contribution is 0.0579. The number of carbonyl (C=O) groups excluding carboxylic acids is 2. The van der Waals surface area contributed by atoms with Gasteiger partial charge in [-0.3, -0.25) is 4.79 Å². The predicted molar refractivity (Wildman–Crippen MR) is 140 cm³/mol. The molecule has 0 fully saturated rings. The Labute approximate surface area is 221 Å². The van der Waals surface area contributed by atoms with Crippen LogP contribution in [0.4, 0.5) is 0 Å². The molecule has 0 saturated carbocycles. The van der Waals surface area contributed by atoms with Gasteiger partial charge in [0.2, 0.25) is 0 Å². The fraction of sp³-hybridized carbons (Fsp3) is 0.310. The molecule has 3 aromatic rings. The van der Waals surface area contributed by atoms with E-state index in [1.54, 1.807) is 61.6 Å². The van der Waals surface area contributed by atoms with Crippen LogP contribution < -0.4 is 23.7 Å². The maximum absolute atomic E-state index is 13.9. The number of hydrogen-bond acceptors (Lipinski definition) is 8. The first-order valence-corrected chi connectivity index (χ1v) is 12.0. The Hall–Kier alpha value is -4.40. The van der Waals surface area contributed by atoms with E-state index in [0.717, 1.165) is 11.1 Å². The molecule has 1 aliphatic heterocycles. The Morgan fingerprint density at radius 3 is 2.16 bits per heavy atom. The predicted octanol–water partition coefficient (Wildman–Crippen LogP) is 4.33. The molecule has 1 heterocycles. The highest BCUT2D eigenvalue weighted by Crippen LogP contribution is 2.40. The number of carbonyl (C=O) groups is 2. The summed E-state index contributed by atoms with van der Waals surface area (Å²) in [5.74, 6) is 1.94. The first-order valence-electron chi connectivity index (χ1n) is 12.0. The molecule has 9 nitrogen and oxygen atoms in total. The largest absolute Gasteiger partial charge is 0.493 e. The van der Waals surface area contributed by atoms with E-state index in [4.69, 9.17) is 28.4 Å². The number of methoxy groups -OCH3 is 5. The SMILES string of the molecule is COC(=O)c1ccc(OC[C@@H]2c3cc(OC)c(OC)cc3CCN2C(=O)c2cccc(OC)c2OC)cc1. The molecule has 1 aliphatic rings. The van der Waals surface area contributed by atoms with E-state index in [-0.39, 0.29) is 12.5 Å². The molecule has 0 bridgehead atoms. The van der Waals surface area contributed by atoms with Gasteiger partial charge in [0.05, 0.1) is 52.7 Å². The van der Waals surface area contributed by atoms with Crippen LogP contribution in [-0.4, -0.2) is 65.5 Å². The third kappa shape index (κ3) is 5.18. The summed E-state index contributed by atoms with van der Waals surface area (Å²) in [4.78, 5) is 27.5. The molecule has 0 unspecified atom stereocenters. The molecule has 0 saturated heterocycles. The van der Waals surface area contributed by atoms with Crippen molar-refractivity contribution in [3.05, 3.63) is 76.9 Å². The Balaban J connectivity index is 1.71. The minimum absolute atomic E-state index is 0.165. The lowest BCUT2D eigenvalue weighted by Gasteiger charge is -2.38. The molecule has 4 rings (SSSR count). The monoisotopic (exact) mass is 521 g/mol. The zero-order valence-electron chi connectivity index (χ0n) is 22.1. The number of para-hydroxylation sites is 1. The standard InChI is InChI=1S/C29H31NO8/c1-33-24-8-6-7-21(27(24)36-4)28(31)30-14-13-19-15-25(34-2)26(35-3)16-22(19)23(30)17-38-20-11-9-18(10-12-20)29(32)37-5/h6-12,15-16,23H,13-14,17H2,1-5H3/t23-/m1/s1. The molecule has 1 amide bonds. The van der Waals surface area contributed by atoms with Crippen LogP contribution in [0.15, 0.2) is 54.6 Å². The van der Waals surface area contributed by atoms with Crippen molar-refractivity contribution in [1.82, 2.24) is 4.90 Å². The Bertz CT molecular complexity index is 1300. The quantitative estimate of drug-likeness (QED) is 0.385. The maximum atomic E-state index is 13.9.